The predicted octanol–water partition coefficient (Wildman–Crippen LogP) is 0.956. The molecule has 0 aliphatic heterocycles. The summed E-state index contributed by atoms with van der Waals surface area (Å²) in [5, 5.41) is 9.22. The average molecular weight is 160 g/mol. The number of aliphatic hydroxyl groups is 1. The molecule has 0 spiro atoms. The number of aliphatic hydroxyl groups excluding tert-OH is 1. The van der Waals surface area contributed by atoms with Crippen molar-refractivity contribution in [2.45, 2.75) is 32.8 Å². The quantitative estimate of drug-likeness (QED) is 0.623. The highest BCUT2D eigenvalue weighted by Crippen LogP contribution is 2.07. The van der Waals surface area contributed by atoms with Gasteiger partial charge in [-0.15, -0.1) is 0 Å². The van der Waals surface area contributed by atoms with Crippen molar-refractivity contribution < 1.29 is 14.6 Å². The maximum absolute atomic E-state index is 10.6. The Bertz CT molecular complexity index is 121. The van der Waals surface area contributed by atoms with E-state index in [9.17, 15) is 9.90 Å². The maximum Gasteiger partial charge on any atom is 0.308 e. The van der Waals surface area contributed by atoms with Crippen molar-refractivity contribution in [1.82, 2.24) is 0 Å². The molecule has 0 aliphatic carbocycles. The van der Waals surface area contributed by atoms with Crippen LogP contribution in [0.1, 0.15) is 26.7 Å². The van der Waals surface area contributed by atoms with Gasteiger partial charge in [-0.1, -0.05) is 13.8 Å². The van der Waals surface area contributed by atoms with Crippen molar-refractivity contribution in [2.75, 3.05) is 7.11 Å². The first-order chi connectivity index (χ1) is 5.06. The highest BCUT2D eigenvalue weighted by molar-refractivity contribution is 5.69. The van der Waals surface area contributed by atoms with E-state index >= 15 is 0 Å². The van der Waals surface area contributed by atoms with Gasteiger partial charge in [-0.3, -0.25) is 4.79 Å². The van der Waals surface area contributed by atoms with E-state index in [1.807, 2.05) is 13.8 Å². The fraction of sp³-hybridized carbons (Fsp3) is 0.875. The SMILES string of the molecule is COC(=O)C[C@H](O)CC(C)C. The van der Waals surface area contributed by atoms with E-state index < -0.39 is 6.10 Å². The van der Waals surface area contributed by atoms with Gasteiger partial charge in [0.2, 0.25) is 0 Å². The van der Waals surface area contributed by atoms with Crippen molar-refractivity contribution in [1.29, 1.82) is 0 Å². The number of esters is 1. The molecule has 1 N–H and O–H groups in total. The van der Waals surface area contributed by atoms with Crippen LogP contribution in [0, 0.1) is 5.92 Å². The number of methoxy groups -OCH3 is 1. The van der Waals surface area contributed by atoms with E-state index in [4.69, 9.17) is 0 Å². The van der Waals surface area contributed by atoms with Gasteiger partial charge in [-0.25, -0.2) is 0 Å². The summed E-state index contributed by atoms with van der Waals surface area (Å²) < 4.78 is 4.40. The molecule has 11 heavy (non-hydrogen) atoms. The number of rotatable bonds is 4. The molecule has 0 unspecified atom stereocenters. The van der Waals surface area contributed by atoms with Gasteiger partial charge in [0.25, 0.3) is 0 Å². The molecule has 66 valence electrons. The molecule has 0 bridgehead atoms. The van der Waals surface area contributed by atoms with Gasteiger partial charge in [0, 0.05) is 0 Å². The Balaban J connectivity index is 3.51. The summed E-state index contributed by atoms with van der Waals surface area (Å²) in [5.74, 6) is 0.0628. The fourth-order valence-corrected chi connectivity index (χ4v) is 0.903. The molecule has 3 heteroatoms. The van der Waals surface area contributed by atoms with Crippen LogP contribution in [0.2, 0.25) is 0 Å². The Hall–Kier alpha value is -0.570. The highest BCUT2D eigenvalue weighted by atomic mass is 16.5. The van der Waals surface area contributed by atoms with Gasteiger partial charge in [-0.05, 0) is 12.3 Å². The monoisotopic (exact) mass is 160 g/mol. The zero-order valence-corrected chi connectivity index (χ0v) is 7.33. The summed E-state index contributed by atoms with van der Waals surface area (Å²) in [6, 6.07) is 0. The van der Waals surface area contributed by atoms with Gasteiger partial charge in [0.15, 0.2) is 0 Å². The molecule has 0 saturated heterocycles. The minimum absolute atomic E-state index is 0.106. The largest absolute Gasteiger partial charge is 0.469 e. The predicted molar refractivity (Wildman–Crippen MR) is 42.1 cm³/mol. The first-order valence-corrected chi connectivity index (χ1v) is 3.81. The van der Waals surface area contributed by atoms with Gasteiger partial charge in [0.05, 0.1) is 19.6 Å². The molecule has 3 nitrogen and oxygen atoms in total. The third-order valence-corrected chi connectivity index (χ3v) is 1.37. The summed E-state index contributed by atoms with van der Waals surface area (Å²) in [6.45, 7) is 4.00. The molecule has 0 aromatic carbocycles. The summed E-state index contributed by atoms with van der Waals surface area (Å²) in [5.41, 5.74) is 0. The van der Waals surface area contributed by atoms with Gasteiger partial charge in [-0.2, -0.15) is 0 Å². The minimum atomic E-state index is -0.553. The van der Waals surface area contributed by atoms with E-state index in [-0.39, 0.29) is 12.4 Å². The number of carbonyl (C=O) groups is 1. The van der Waals surface area contributed by atoms with Crippen LogP contribution < -0.4 is 0 Å². The van der Waals surface area contributed by atoms with Crippen LogP contribution in [-0.2, 0) is 9.53 Å². The lowest BCUT2D eigenvalue weighted by molar-refractivity contribution is -0.142. The van der Waals surface area contributed by atoms with Crippen LogP contribution >= 0.6 is 0 Å². The molecule has 1 atom stereocenters. The zero-order valence-electron chi connectivity index (χ0n) is 7.33. The maximum atomic E-state index is 10.6. The normalized spacial score (nSPS) is 13.2. The molecule has 0 saturated carbocycles. The molecule has 0 aromatic rings. The molecule has 0 radical (unpaired) electrons. The third kappa shape index (κ3) is 5.85. The lowest BCUT2D eigenvalue weighted by atomic mass is 10.0. The van der Waals surface area contributed by atoms with Crippen LogP contribution in [0.15, 0.2) is 0 Å². The number of hydrogen-bond acceptors (Lipinski definition) is 3. The second-order valence-electron chi connectivity index (χ2n) is 3.06. The Morgan fingerprint density at radius 3 is 2.45 bits per heavy atom. The summed E-state index contributed by atoms with van der Waals surface area (Å²) in [7, 11) is 1.32. The van der Waals surface area contributed by atoms with E-state index in [2.05, 4.69) is 4.74 Å². The molecule has 0 rings (SSSR count). The summed E-state index contributed by atoms with van der Waals surface area (Å²) >= 11 is 0. The van der Waals surface area contributed by atoms with E-state index in [0.717, 1.165) is 0 Å². The van der Waals surface area contributed by atoms with Crippen LogP contribution in [0.4, 0.5) is 0 Å². The molecule has 0 aliphatic rings. The molecule has 0 fully saturated rings. The van der Waals surface area contributed by atoms with Crippen molar-refractivity contribution in [3.8, 4) is 0 Å². The number of ether oxygens (including phenoxy) is 1. The second-order valence-corrected chi connectivity index (χ2v) is 3.06. The Morgan fingerprint density at radius 1 is 1.55 bits per heavy atom. The summed E-state index contributed by atoms with van der Waals surface area (Å²) in [6.07, 6.45) is 0.200. The van der Waals surface area contributed by atoms with Crippen molar-refractivity contribution in [3.05, 3.63) is 0 Å². The molecule has 0 amide bonds. The molecule has 0 aromatic heterocycles. The van der Waals surface area contributed by atoms with Crippen LogP contribution in [0.3, 0.4) is 0 Å². The lowest BCUT2D eigenvalue weighted by Gasteiger charge is -2.10. The smallest absolute Gasteiger partial charge is 0.308 e. The van der Waals surface area contributed by atoms with E-state index in [0.29, 0.717) is 12.3 Å². The van der Waals surface area contributed by atoms with E-state index in [1.54, 1.807) is 0 Å². The summed E-state index contributed by atoms with van der Waals surface area (Å²) in [4.78, 5) is 10.6. The Morgan fingerprint density at radius 2 is 2.09 bits per heavy atom. The fourth-order valence-electron chi connectivity index (χ4n) is 0.903. The van der Waals surface area contributed by atoms with E-state index in [1.165, 1.54) is 7.11 Å². The third-order valence-electron chi connectivity index (χ3n) is 1.37. The van der Waals surface area contributed by atoms with Crippen molar-refractivity contribution >= 4 is 5.97 Å². The molecule has 0 heterocycles. The first-order valence-electron chi connectivity index (χ1n) is 3.81. The highest BCUT2D eigenvalue weighted by Gasteiger charge is 2.11. The van der Waals surface area contributed by atoms with Crippen molar-refractivity contribution in [3.63, 3.8) is 0 Å². The minimum Gasteiger partial charge on any atom is -0.469 e. The standard InChI is InChI=1S/C8H16O3/c1-6(2)4-7(9)5-8(10)11-3/h6-7,9H,4-5H2,1-3H3/t7-/m1/s1. The second kappa shape index (κ2) is 5.13. The first kappa shape index (κ1) is 10.4. The van der Waals surface area contributed by atoms with Gasteiger partial charge in [0.1, 0.15) is 0 Å². The number of hydrogen-bond donors (Lipinski definition) is 1. The lowest BCUT2D eigenvalue weighted by Crippen LogP contribution is -2.16. The Kier molecular flexibility index (Phi) is 4.86. The van der Waals surface area contributed by atoms with Crippen LogP contribution in [0.25, 0.3) is 0 Å². The average Bonchev–Trinajstić information content (AvgIpc) is 1.85. The van der Waals surface area contributed by atoms with Crippen LogP contribution in [-0.4, -0.2) is 24.3 Å². The number of carbonyl (C=O) groups excluding carboxylic acids is 1. The molecular formula is C8H16O3. The zero-order chi connectivity index (χ0) is 8.85. The van der Waals surface area contributed by atoms with Gasteiger partial charge < -0.3 is 9.84 Å². The van der Waals surface area contributed by atoms with Crippen LogP contribution in [0.5, 0.6) is 0 Å². The van der Waals surface area contributed by atoms with Gasteiger partial charge >= 0.3 is 5.97 Å². The van der Waals surface area contributed by atoms with Crippen molar-refractivity contribution in [2.24, 2.45) is 5.92 Å². The molecular weight excluding hydrogens is 144 g/mol. The Labute approximate surface area is 67.4 Å². The topological polar surface area (TPSA) is 46.5 Å².